The Hall–Kier alpha value is 0.160. The predicted molar refractivity (Wildman–Crippen MR) is 56.1 cm³/mol. The standard InChI is InChI=1S/C10H22NO2.H2I/c1-10(2,3)9(12)13-8-7-11(4,5)6;/h7-8H2,1-6H3;1H2/q2*+1. The third-order valence-corrected chi connectivity index (χ3v) is 1.61. The summed E-state index contributed by atoms with van der Waals surface area (Å²) in [4.78, 5) is 11.3. The number of carbonyl (C=O) groups excluding carboxylic acids is 1. The number of nitrogens with zero attached hydrogens (tertiary/aromatic N) is 1. The van der Waals surface area contributed by atoms with Crippen LogP contribution in [-0.4, -0.2) is 44.7 Å². The number of hydrogen-bond donors (Lipinski definition) is 0. The maximum Gasteiger partial charge on any atom is 0.311 e. The van der Waals surface area contributed by atoms with Gasteiger partial charge < -0.3 is 9.22 Å². The highest BCUT2D eigenvalue weighted by atomic mass is 127. The second-order valence-electron chi connectivity index (χ2n) is 5.40. The monoisotopic (exact) mass is 317 g/mol. The summed E-state index contributed by atoms with van der Waals surface area (Å²) >= 11 is 0. The average Bonchev–Trinajstić information content (AvgIpc) is 1.82. The molecule has 0 N–H and O–H groups in total. The second-order valence-corrected chi connectivity index (χ2v) is 5.40. The van der Waals surface area contributed by atoms with E-state index in [-0.39, 0.29) is 35.4 Å². The Labute approximate surface area is 104 Å². The van der Waals surface area contributed by atoms with E-state index < -0.39 is 0 Å². The van der Waals surface area contributed by atoms with Crippen molar-refractivity contribution in [3.05, 3.63) is 0 Å². The number of quaternary nitrogens is 1. The van der Waals surface area contributed by atoms with Crippen LogP contribution in [0, 0.1) is 5.41 Å². The summed E-state index contributed by atoms with van der Waals surface area (Å²) < 4.78 is 5.94. The largest absolute Gasteiger partial charge is 0.459 e. The molecule has 0 aliphatic rings. The van der Waals surface area contributed by atoms with Gasteiger partial charge in [-0.2, -0.15) is 0 Å². The Bertz CT molecular complexity index is 180. The molecule has 0 bridgehead atoms. The summed E-state index contributed by atoms with van der Waals surface area (Å²) in [6.07, 6.45) is 0. The minimum absolute atomic E-state index is 0. The van der Waals surface area contributed by atoms with Gasteiger partial charge in [-0.05, 0) is 20.8 Å². The fraction of sp³-hybridized carbons (Fsp3) is 0.900. The van der Waals surface area contributed by atoms with Gasteiger partial charge in [-0.3, -0.25) is 4.79 Å². The first kappa shape index (κ1) is 16.6. The SMILES string of the molecule is CC(C)(C)C(=O)OCC[N+](C)(C)C.[IH2+]. The molecular weight excluding hydrogens is 293 g/mol. The third kappa shape index (κ3) is 8.74. The van der Waals surface area contributed by atoms with Crippen molar-refractivity contribution in [3.63, 3.8) is 0 Å². The van der Waals surface area contributed by atoms with Crippen LogP contribution in [0.4, 0.5) is 0 Å². The van der Waals surface area contributed by atoms with E-state index in [1.165, 1.54) is 0 Å². The van der Waals surface area contributed by atoms with E-state index in [1.54, 1.807) is 0 Å². The molecule has 0 unspecified atom stereocenters. The molecule has 0 saturated carbocycles. The molecule has 14 heavy (non-hydrogen) atoms. The maximum absolute atomic E-state index is 11.3. The molecule has 0 aromatic heterocycles. The van der Waals surface area contributed by atoms with Crippen molar-refractivity contribution in [2.75, 3.05) is 34.3 Å². The molecule has 0 amide bonds. The summed E-state index contributed by atoms with van der Waals surface area (Å²) in [6, 6.07) is 0. The quantitative estimate of drug-likeness (QED) is 0.334. The smallest absolute Gasteiger partial charge is 0.311 e. The average molecular weight is 317 g/mol. The lowest BCUT2D eigenvalue weighted by Crippen LogP contribution is -3.00. The van der Waals surface area contributed by atoms with Crippen LogP contribution in [0.5, 0.6) is 0 Å². The Morgan fingerprint density at radius 1 is 1.21 bits per heavy atom. The summed E-state index contributed by atoms with van der Waals surface area (Å²) in [5, 5.41) is 0. The first-order valence-electron chi connectivity index (χ1n) is 4.60. The number of halogens is 1. The lowest BCUT2D eigenvalue weighted by atomic mass is 9.97. The number of likely N-dealkylation sites (N-methyl/N-ethyl adjacent to an activating group) is 1. The van der Waals surface area contributed by atoms with Gasteiger partial charge in [0.05, 0.1) is 26.6 Å². The zero-order chi connectivity index (χ0) is 10.7. The third-order valence-electron chi connectivity index (χ3n) is 1.61. The zero-order valence-electron chi connectivity index (χ0n) is 10.1. The van der Waals surface area contributed by atoms with E-state index >= 15 is 0 Å². The highest BCUT2D eigenvalue weighted by Crippen LogP contribution is 2.14. The molecule has 3 nitrogen and oxygen atoms in total. The number of ether oxygens (including phenoxy) is 1. The first-order chi connectivity index (χ1) is 5.63. The van der Waals surface area contributed by atoms with E-state index in [2.05, 4.69) is 21.1 Å². The molecular formula is C10H24INO2+2. The minimum Gasteiger partial charge on any atom is -0.459 e. The van der Waals surface area contributed by atoms with Crippen LogP contribution in [0.1, 0.15) is 20.8 Å². The molecule has 0 aliphatic carbocycles. The molecule has 86 valence electrons. The molecule has 0 rings (SSSR count). The van der Waals surface area contributed by atoms with Gasteiger partial charge in [-0.25, -0.2) is 0 Å². The Morgan fingerprint density at radius 2 is 1.64 bits per heavy atom. The zero-order valence-corrected chi connectivity index (χ0v) is 12.7. The van der Waals surface area contributed by atoms with Gasteiger partial charge in [-0.15, -0.1) is 0 Å². The number of esters is 1. The van der Waals surface area contributed by atoms with Crippen molar-refractivity contribution in [2.45, 2.75) is 20.8 Å². The van der Waals surface area contributed by atoms with Gasteiger partial charge in [0.2, 0.25) is 24.0 Å². The van der Waals surface area contributed by atoms with Crippen LogP contribution >= 0.6 is 0 Å². The van der Waals surface area contributed by atoms with Crippen molar-refractivity contribution < 1.29 is 38.0 Å². The fourth-order valence-corrected chi connectivity index (χ4v) is 0.629. The van der Waals surface area contributed by atoms with Gasteiger partial charge in [0.1, 0.15) is 13.2 Å². The molecule has 0 heterocycles. The van der Waals surface area contributed by atoms with Crippen LogP contribution in [0.25, 0.3) is 0 Å². The van der Waals surface area contributed by atoms with Crippen molar-refractivity contribution in [1.29, 1.82) is 0 Å². The van der Waals surface area contributed by atoms with Gasteiger partial charge >= 0.3 is 5.97 Å². The van der Waals surface area contributed by atoms with Crippen molar-refractivity contribution in [1.82, 2.24) is 0 Å². The van der Waals surface area contributed by atoms with Crippen LogP contribution in [0.2, 0.25) is 0 Å². The highest BCUT2D eigenvalue weighted by molar-refractivity contribution is 5.75. The lowest BCUT2D eigenvalue weighted by molar-refractivity contribution is -0.870. The summed E-state index contributed by atoms with van der Waals surface area (Å²) in [5.41, 5.74) is -0.384. The molecule has 0 radical (unpaired) electrons. The van der Waals surface area contributed by atoms with Crippen LogP contribution in [0.3, 0.4) is 0 Å². The number of hydrogen-bond acceptors (Lipinski definition) is 2. The topological polar surface area (TPSA) is 26.3 Å². The number of rotatable bonds is 3. The summed E-state index contributed by atoms with van der Waals surface area (Å²) in [6.45, 7) is 6.94. The van der Waals surface area contributed by atoms with Crippen LogP contribution in [-0.2, 0) is 9.53 Å². The number of carbonyl (C=O) groups is 1. The van der Waals surface area contributed by atoms with Crippen LogP contribution < -0.4 is 24.0 Å². The van der Waals surface area contributed by atoms with E-state index in [0.717, 1.165) is 11.0 Å². The Morgan fingerprint density at radius 3 is 1.93 bits per heavy atom. The maximum atomic E-state index is 11.3. The van der Waals surface area contributed by atoms with Gasteiger partial charge in [0.25, 0.3) is 0 Å². The minimum atomic E-state index is -0.384. The van der Waals surface area contributed by atoms with E-state index in [9.17, 15) is 4.79 Å². The molecule has 0 atom stereocenters. The van der Waals surface area contributed by atoms with Gasteiger partial charge in [0, 0.05) is 0 Å². The Kier molecular flexibility index (Phi) is 6.99. The molecule has 0 saturated heterocycles. The fourth-order valence-electron chi connectivity index (χ4n) is 0.629. The van der Waals surface area contributed by atoms with Gasteiger partial charge in [0.15, 0.2) is 0 Å². The summed E-state index contributed by atoms with van der Waals surface area (Å²) in [5.74, 6) is -0.124. The normalized spacial score (nSPS) is 11.9. The Balaban J connectivity index is 0. The van der Waals surface area contributed by atoms with Crippen molar-refractivity contribution in [2.24, 2.45) is 5.41 Å². The van der Waals surface area contributed by atoms with E-state index in [4.69, 9.17) is 4.74 Å². The van der Waals surface area contributed by atoms with E-state index in [1.807, 2.05) is 20.8 Å². The van der Waals surface area contributed by atoms with E-state index in [0.29, 0.717) is 6.61 Å². The molecule has 4 heteroatoms. The van der Waals surface area contributed by atoms with Gasteiger partial charge in [-0.1, -0.05) is 0 Å². The molecule has 0 aromatic rings. The second kappa shape index (κ2) is 5.90. The molecule has 0 aromatic carbocycles. The first-order valence-corrected chi connectivity index (χ1v) is 4.60. The lowest BCUT2D eigenvalue weighted by Gasteiger charge is -2.24. The molecule has 0 spiro atoms. The summed E-state index contributed by atoms with van der Waals surface area (Å²) in [7, 11) is 6.22. The molecule has 0 aliphatic heterocycles. The predicted octanol–water partition coefficient (Wildman–Crippen LogP) is -2.25. The highest BCUT2D eigenvalue weighted by Gasteiger charge is 2.23. The van der Waals surface area contributed by atoms with Crippen molar-refractivity contribution in [3.8, 4) is 0 Å². The molecule has 0 fully saturated rings. The van der Waals surface area contributed by atoms with Crippen molar-refractivity contribution >= 4 is 5.97 Å². The van der Waals surface area contributed by atoms with Crippen LogP contribution in [0.15, 0.2) is 0 Å².